The molecule has 0 aromatic heterocycles. The highest BCUT2D eigenvalue weighted by Crippen LogP contribution is 2.42. The summed E-state index contributed by atoms with van der Waals surface area (Å²) in [5.41, 5.74) is 7.64. The van der Waals surface area contributed by atoms with E-state index >= 15 is 0 Å². The molecule has 3 N–H and O–H groups in total. The van der Waals surface area contributed by atoms with Gasteiger partial charge in [0, 0.05) is 10.6 Å². The molecule has 96 valence electrons. The summed E-state index contributed by atoms with van der Waals surface area (Å²) in [6.07, 6.45) is 0. The first-order chi connectivity index (χ1) is 9.01. The second-order valence-electron chi connectivity index (χ2n) is 4.73. The molecule has 2 aromatic carbocycles. The van der Waals surface area contributed by atoms with Gasteiger partial charge in [0.25, 0.3) is 0 Å². The predicted molar refractivity (Wildman–Crippen MR) is 76.9 cm³/mol. The maximum absolute atomic E-state index is 11.0. The van der Waals surface area contributed by atoms with E-state index in [2.05, 4.69) is 4.99 Å². The summed E-state index contributed by atoms with van der Waals surface area (Å²) < 4.78 is 0. The number of rotatable bonds is 1. The molecule has 0 bridgehead atoms. The number of nitrogens with two attached hydrogens (primary N) is 1. The molecule has 0 amide bonds. The van der Waals surface area contributed by atoms with Crippen molar-refractivity contribution in [3.05, 3.63) is 64.2 Å². The summed E-state index contributed by atoms with van der Waals surface area (Å²) in [6, 6.07) is 12.8. The van der Waals surface area contributed by atoms with Crippen molar-refractivity contribution < 1.29 is 5.11 Å². The minimum atomic E-state index is -1.39. The van der Waals surface area contributed by atoms with Crippen LogP contribution in [0.3, 0.4) is 0 Å². The Hall–Kier alpha value is -1.84. The SMILES string of the molecule is Cc1ccc(C2(O)C(N)=Nc3ccc(Cl)cc32)cc1. The lowest BCUT2D eigenvalue weighted by molar-refractivity contribution is 0.158. The Morgan fingerprint density at radius 3 is 2.53 bits per heavy atom. The normalized spacial score (nSPS) is 21.1. The summed E-state index contributed by atoms with van der Waals surface area (Å²) in [4.78, 5) is 4.23. The van der Waals surface area contributed by atoms with E-state index in [1.807, 2.05) is 31.2 Å². The van der Waals surface area contributed by atoms with Crippen LogP contribution in [-0.2, 0) is 5.60 Å². The van der Waals surface area contributed by atoms with Gasteiger partial charge in [0.05, 0.1) is 5.69 Å². The molecule has 0 spiro atoms. The zero-order valence-corrected chi connectivity index (χ0v) is 11.1. The van der Waals surface area contributed by atoms with E-state index in [1.165, 1.54) is 0 Å². The standard InChI is InChI=1S/C15H13ClN2O/c1-9-2-4-10(5-3-9)15(19)12-8-11(16)6-7-13(12)18-14(15)17/h2-8,19H,1H3,(H2,17,18). The van der Waals surface area contributed by atoms with E-state index in [9.17, 15) is 5.11 Å². The number of benzene rings is 2. The molecule has 1 heterocycles. The third kappa shape index (κ3) is 1.74. The number of aliphatic hydroxyl groups is 1. The minimum absolute atomic E-state index is 0.175. The van der Waals surface area contributed by atoms with Crippen molar-refractivity contribution in [3.8, 4) is 0 Å². The van der Waals surface area contributed by atoms with Crippen molar-refractivity contribution in [2.45, 2.75) is 12.5 Å². The third-order valence-corrected chi connectivity index (χ3v) is 3.66. The Balaban J connectivity index is 2.22. The summed E-state index contributed by atoms with van der Waals surface area (Å²) in [7, 11) is 0. The van der Waals surface area contributed by atoms with Crippen molar-refractivity contribution >= 4 is 23.1 Å². The smallest absolute Gasteiger partial charge is 0.174 e. The van der Waals surface area contributed by atoms with Crippen LogP contribution in [0.15, 0.2) is 47.5 Å². The number of hydrogen-bond donors (Lipinski definition) is 2. The second kappa shape index (κ2) is 4.08. The van der Waals surface area contributed by atoms with Crippen molar-refractivity contribution in [1.29, 1.82) is 0 Å². The van der Waals surface area contributed by atoms with Gasteiger partial charge in [-0.3, -0.25) is 0 Å². The lowest BCUT2D eigenvalue weighted by Gasteiger charge is -2.25. The van der Waals surface area contributed by atoms with E-state index in [4.69, 9.17) is 17.3 Å². The number of fused-ring (bicyclic) bond motifs is 1. The van der Waals surface area contributed by atoms with Gasteiger partial charge in [0.2, 0.25) is 0 Å². The monoisotopic (exact) mass is 272 g/mol. The number of halogens is 1. The van der Waals surface area contributed by atoms with Gasteiger partial charge < -0.3 is 10.8 Å². The molecule has 0 saturated heterocycles. The molecule has 1 aliphatic rings. The highest BCUT2D eigenvalue weighted by Gasteiger charge is 2.42. The lowest BCUT2D eigenvalue weighted by Crippen LogP contribution is -2.39. The van der Waals surface area contributed by atoms with Gasteiger partial charge in [-0.15, -0.1) is 0 Å². The molecule has 1 atom stereocenters. The molecule has 3 rings (SSSR count). The van der Waals surface area contributed by atoms with Crippen LogP contribution in [0.5, 0.6) is 0 Å². The first kappa shape index (κ1) is 12.2. The van der Waals surface area contributed by atoms with Crippen molar-refractivity contribution in [3.63, 3.8) is 0 Å². The number of aliphatic imine (C=N–C) groups is 1. The largest absolute Gasteiger partial charge is 0.384 e. The quantitative estimate of drug-likeness (QED) is 0.839. The van der Waals surface area contributed by atoms with E-state index in [0.717, 1.165) is 5.56 Å². The number of nitrogens with zero attached hydrogens (tertiary/aromatic N) is 1. The van der Waals surface area contributed by atoms with Crippen LogP contribution in [0, 0.1) is 6.92 Å². The highest BCUT2D eigenvalue weighted by atomic mass is 35.5. The lowest BCUT2D eigenvalue weighted by atomic mass is 9.86. The average molecular weight is 273 g/mol. The molecular weight excluding hydrogens is 260 g/mol. The molecule has 4 heteroatoms. The summed E-state index contributed by atoms with van der Waals surface area (Å²) >= 11 is 6.01. The molecule has 3 nitrogen and oxygen atoms in total. The minimum Gasteiger partial charge on any atom is -0.384 e. The second-order valence-corrected chi connectivity index (χ2v) is 5.17. The van der Waals surface area contributed by atoms with Gasteiger partial charge >= 0.3 is 0 Å². The van der Waals surface area contributed by atoms with Gasteiger partial charge in [0.1, 0.15) is 5.84 Å². The van der Waals surface area contributed by atoms with Gasteiger partial charge in [0.15, 0.2) is 5.60 Å². The summed E-state index contributed by atoms with van der Waals surface area (Å²) in [6.45, 7) is 1.99. The molecule has 0 radical (unpaired) electrons. The van der Waals surface area contributed by atoms with Crippen LogP contribution >= 0.6 is 11.6 Å². The van der Waals surface area contributed by atoms with Gasteiger partial charge in [-0.05, 0) is 30.7 Å². The number of amidine groups is 1. The highest BCUT2D eigenvalue weighted by molar-refractivity contribution is 6.30. The summed E-state index contributed by atoms with van der Waals surface area (Å²) in [5.74, 6) is 0.175. The fourth-order valence-corrected chi connectivity index (χ4v) is 2.51. The Morgan fingerprint density at radius 1 is 1.16 bits per heavy atom. The van der Waals surface area contributed by atoms with Crippen LogP contribution in [0.25, 0.3) is 0 Å². The molecule has 1 unspecified atom stereocenters. The molecule has 1 aliphatic heterocycles. The fraction of sp³-hybridized carbons (Fsp3) is 0.133. The first-order valence-corrected chi connectivity index (χ1v) is 6.34. The van der Waals surface area contributed by atoms with Crippen molar-refractivity contribution in [1.82, 2.24) is 0 Å². The van der Waals surface area contributed by atoms with Crippen LogP contribution in [0.4, 0.5) is 5.69 Å². The topological polar surface area (TPSA) is 58.6 Å². The first-order valence-electron chi connectivity index (χ1n) is 5.96. The maximum atomic E-state index is 11.0. The van der Waals surface area contributed by atoms with E-state index in [0.29, 0.717) is 21.8 Å². The van der Waals surface area contributed by atoms with Gasteiger partial charge in [-0.1, -0.05) is 41.4 Å². The van der Waals surface area contributed by atoms with E-state index in [-0.39, 0.29) is 5.84 Å². The molecule has 0 saturated carbocycles. The molecule has 2 aromatic rings. The van der Waals surface area contributed by atoms with Gasteiger partial charge in [-0.25, -0.2) is 4.99 Å². The number of aryl methyl sites for hydroxylation is 1. The molecule has 19 heavy (non-hydrogen) atoms. The van der Waals surface area contributed by atoms with E-state index < -0.39 is 5.60 Å². The van der Waals surface area contributed by atoms with Gasteiger partial charge in [-0.2, -0.15) is 0 Å². The van der Waals surface area contributed by atoms with E-state index in [1.54, 1.807) is 18.2 Å². The van der Waals surface area contributed by atoms with Crippen LogP contribution in [0.2, 0.25) is 5.02 Å². The van der Waals surface area contributed by atoms with Crippen LogP contribution in [0.1, 0.15) is 16.7 Å². The third-order valence-electron chi connectivity index (χ3n) is 3.43. The molecular formula is C15H13ClN2O. The molecule has 0 fully saturated rings. The Kier molecular flexibility index (Phi) is 2.62. The molecule has 0 aliphatic carbocycles. The van der Waals surface area contributed by atoms with Crippen LogP contribution < -0.4 is 5.73 Å². The zero-order valence-electron chi connectivity index (χ0n) is 10.4. The summed E-state index contributed by atoms with van der Waals surface area (Å²) in [5, 5.41) is 11.5. The van der Waals surface area contributed by atoms with Crippen molar-refractivity contribution in [2.75, 3.05) is 0 Å². The van der Waals surface area contributed by atoms with Crippen LogP contribution in [-0.4, -0.2) is 10.9 Å². The zero-order chi connectivity index (χ0) is 13.6. The maximum Gasteiger partial charge on any atom is 0.174 e. The average Bonchev–Trinajstić information content (AvgIpc) is 2.64. The Labute approximate surface area is 116 Å². The number of hydrogen-bond acceptors (Lipinski definition) is 3. The fourth-order valence-electron chi connectivity index (χ4n) is 2.34. The Bertz CT molecular complexity index is 679. The predicted octanol–water partition coefficient (Wildman–Crippen LogP) is 2.89. The van der Waals surface area contributed by atoms with Crippen molar-refractivity contribution in [2.24, 2.45) is 10.7 Å². The Morgan fingerprint density at radius 2 is 1.84 bits per heavy atom.